The van der Waals surface area contributed by atoms with Crippen molar-refractivity contribution in [3.63, 3.8) is 0 Å². The van der Waals surface area contributed by atoms with Crippen molar-refractivity contribution >= 4 is 5.97 Å². The summed E-state index contributed by atoms with van der Waals surface area (Å²) in [6.07, 6.45) is 0.765. The van der Waals surface area contributed by atoms with Crippen molar-refractivity contribution in [3.8, 4) is 5.75 Å². The van der Waals surface area contributed by atoms with Crippen LogP contribution in [0.2, 0.25) is 0 Å². The first-order chi connectivity index (χ1) is 7.13. The van der Waals surface area contributed by atoms with Crippen LogP contribution in [0.15, 0.2) is 18.2 Å². The first kappa shape index (κ1) is 10.0. The molecule has 1 saturated carbocycles. The van der Waals surface area contributed by atoms with Gasteiger partial charge in [0, 0.05) is 0 Å². The highest BCUT2D eigenvalue weighted by molar-refractivity contribution is 5.75. The summed E-state index contributed by atoms with van der Waals surface area (Å²) in [4.78, 5) is 10.7. The van der Waals surface area contributed by atoms with Crippen LogP contribution in [0, 0.1) is 12.8 Å². The van der Waals surface area contributed by atoms with Gasteiger partial charge in [-0.25, -0.2) is 0 Å². The molecular weight excluding hydrogens is 192 g/mol. The van der Waals surface area contributed by atoms with E-state index >= 15 is 0 Å². The number of carboxylic acid groups (broad SMARTS) is 1. The average Bonchev–Trinajstić information content (AvgIpc) is 2.97. The van der Waals surface area contributed by atoms with E-state index in [9.17, 15) is 4.79 Å². The van der Waals surface area contributed by atoms with E-state index in [1.54, 1.807) is 7.11 Å². The minimum Gasteiger partial charge on any atom is -0.496 e. The lowest BCUT2D eigenvalue weighted by atomic mass is 10.1. The van der Waals surface area contributed by atoms with Crippen molar-refractivity contribution in [2.24, 2.45) is 5.92 Å². The summed E-state index contributed by atoms with van der Waals surface area (Å²) >= 11 is 0. The predicted octanol–water partition coefficient (Wildman–Crippen LogP) is 2.19. The molecule has 1 aromatic carbocycles. The fourth-order valence-corrected chi connectivity index (χ4v) is 1.97. The lowest BCUT2D eigenvalue weighted by Crippen LogP contribution is -1.99. The van der Waals surface area contributed by atoms with Gasteiger partial charge in [-0.2, -0.15) is 0 Å². The summed E-state index contributed by atoms with van der Waals surface area (Å²) < 4.78 is 5.16. The molecule has 1 aliphatic rings. The number of aryl methyl sites for hydroxylation is 1. The molecule has 2 rings (SSSR count). The Hall–Kier alpha value is -1.51. The molecule has 2 atom stereocenters. The predicted molar refractivity (Wildman–Crippen MR) is 56.2 cm³/mol. The zero-order valence-electron chi connectivity index (χ0n) is 8.86. The molecule has 3 heteroatoms. The van der Waals surface area contributed by atoms with Crippen LogP contribution in [0.5, 0.6) is 5.75 Å². The molecule has 1 aromatic rings. The third kappa shape index (κ3) is 1.82. The van der Waals surface area contributed by atoms with E-state index < -0.39 is 5.97 Å². The Morgan fingerprint density at radius 1 is 1.53 bits per heavy atom. The van der Waals surface area contributed by atoms with Gasteiger partial charge in [0.2, 0.25) is 0 Å². The second-order valence-corrected chi connectivity index (χ2v) is 4.02. The molecule has 0 bridgehead atoms. The summed E-state index contributed by atoms with van der Waals surface area (Å²) in [6.45, 7) is 1.97. The van der Waals surface area contributed by atoms with Gasteiger partial charge < -0.3 is 9.84 Å². The normalized spacial score (nSPS) is 23.6. The maximum atomic E-state index is 10.7. The van der Waals surface area contributed by atoms with Crippen LogP contribution in [0.25, 0.3) is 0 Å². The number of benzene rings is 1. The van der Waals surface area contributed by atoms with Crippen LogP contribution in [-0.4, -0.2) is 18.2 Å². The molecule has 0 spiro atoms. The Balaban J connectivity index is 2.18. The smallest absolute Gasteiger partial charge is 0.307 e. The number of carboxylic acids is 1. The molecule has 0 radical (unpaired) electrons. The molecule has 0 saturated heterocycles. The molecule has 15 heavy (non-hydrogen) atoms. The Morgan fingerprint density at radius 2 is 2.27 bits per heavy atom. The number of rotatable bonds is 3. The van der Waals surface area contributed by atoms with Crippen molar-refractivity contribution < 1.29 is 14.6 Å². The van der Waals surface area contributed by atoms with Gasteiger partial charge in [-0.15, -0.1) is 0 Å². The number of ether oxygens (including phenoxy) is 1. The summed E-state index contributed by atoms with van der Waals surface area (Å²) in [5.74, 6) is 0.185. The number of hydrogen-bond acceptors (Lipinski definition) is 2. The zero-order chi connectivity index (χ0) is 11.0. The zero-order valence-corrected chi connectivity index (χ0v) is 8.86. The monoisotopic (exact) mass is 206 g/mol. The molecule has 0 amide bonds. The third-order valence-corrected chi connectivity index (χ3v) is 2.95. The third-order valence-electron chi connectivity index (χ3n) is 2.95. The Morgan fingerprint density at radius 3 is 2.73 bits per heavy atom. The second kappa shape index (κ2) is 3.57. The maximum Gasteiger partial charge on any atom is 0.307 e. The van der Waals surface area contributed by atoms with Gasteiger partial charge >= 0.3 is 5.97 Å². The van der Waals surface area contributed by atoms with Crippen molar-refractivity contribution in [2.75, 3.05) is 7.11 Å². The average molecular weight is 206 g/mol. The molecule has 1 fully saturated rings. The SMILES string of the molecule is COc1ccc([C@@H]2C[C@H]2C(=O)O)cc1C. The summed E-state index contributed by atoms with van der Waals surface area (Å²) in [5, 5.41) is 8.83. The Bertz CT molecular complexity index is 398. The van der Waals surface area contributed by atoms with Crippen molar-refractivity contribution in [1.82, 2.24) is 0 Å². The van der Waals surface area contributed by atoms with E-state index in [4.69, 9.17) is 9.84 Å². The molecular formula is C12H14O3. The standard InChI is InChI=1S/C12H14O3/c1-7-5-8(3-4-11(7)15-2)9-6-10(9)12(13)14/h3-5,9-10H,6H2,1-2H3,(H,13,14)/t9-,10+/m0/s1. The fourth-order valence-electron chi connectivity index (χ4n) is 1.97. The van der Waals surface area contributed by atoms with Gasteiger partial charge in [0.05, 0.1) is 13.0 Å². The van der Waals surface area contributed by atoms with Gasteiger partial charge in [-0.3, -0.25) is 4.79 Å². The van der Waals surface area contributed by atoms with Crippen LogP contribution in [0.3, 0.4) is 0 Å². The van der Waals surface area contributed by atoms with Crippen LogP contribution >= 0.6 is 0 Å². The topological polar surface area (TPSA) is 46.5 Å². The molecule has 1 aliphatic carbocycles. The Labute approximate surface area is 88.7 Å². The molecule has 1 N–H and O–H groups in total. The van der Waals surface area contributed by atoms with E-state index in [0.29, 0.717) is 0 Å². The first-order valence-corrected chi connectivity index (χ1v) is 5.01. The van der Waals surface area contributed by atoms with Crippen LogP contribution in [0.1, 0.15) is 23.5 Å². The summed E-state index contributed by atoms with van der Waals surface area (Å²) in [6, 6.07) is 5.88. The van der Waals surface area contributed by atoms with E-state index in [2.05, 4.69) is 0 Å². The van der Waals surface area contributed by atoms with Crippen LogP contribution in [0.4, 0.5) is 0 Å². The number of hydrogen-bond donors (Lipinski definition) is 1. The van der Waals surface area contributed by atoms with Gasteiger partial charge in [0.15, 0.2) is 0 Å². The summed E-state index contributed by atoms with van der Waals surface area (Å²) in [7, 11) is 1.64. The maximum absolute atomic E-state index is 10.7. The molecule has 80 valence electrons. The molecule has 0 aliphatic heterocycles. The highest BCUT2D eigenvalue weighted by atomic mass is 16.5. The second-order valence-electron chi connectivity index (χ2n) is 4.02. The molecule has 0 aromatic heterocycles. The minimum atomic E-state index is -0.687. The number of carbonyl (C=O) groups is 1. The van der Waals surface area contributed by atoms with Gasteiger partial charge in [-0.1, -0.05) is 12.1 Å². The molecule has 0 unspecified atom stereocenters. The van der Waals surface area contributed by atoms with Crippen LogP contribution < -0.4 is 4.74 Å². The lowest BCUT2D eigenvalue weighted by Gasteiger charge is -2.06. The highest BCUT2D eigenvalue weighted by Gasteiger charge is 2.44. The fraction of sp³-hybridized carbons (Fsp3) is 0.417. The van der Waals surface area contributed by atoms with E-state index in [1.165, 1.54) is 0 Å². The molecule has 0 heterocycles. The van der Waals surface area contributed by atoms with E-state index in [-0.39, 0.29) is 11.8 Å². The summed E-state index contributed by atoms with van der Waals surface area (Å²) in [5.41, 5.74) is 2.17. The quantitative estimate of drug-likeness (QED) is 0.824. The van der Waals surface area contributed by atoms with Gasteiger partial charge in [-0.05, 0) is 36.5 Å². The van der Waals surface area contributed by atoms with Crippen LogP contribution in [-0.2, 0) is 4.79 Å². The minimum absolute atomic E-state index is 0.183. The highest BCUT2D eigenvalue weighted by Crippen LogP contribution is 2.48. The van der Waals surface area contributed by atoms with Gasteiger partial charge in [0.25, 0.3) is 0 Å². The lowest BCUT2D eigenvalue weighted by molar-refractivity contribution is -0.138. The first-order valence-electron chi connectivity index (χ1n) is 5.01. The van der Waals surface area contributed by atoms with Gasteiger partial charge in [0.1, 0.15) is 5.75 Å². The van der Waals surface area contributed by atoms with E-state index in [0.717, 1.165) is 23.3 Å². The van der Waals surface area contributed by atoms with E-state index in [1.807, 2.05) is 25.1 Å². The number of methoxy groups -OCH3 is 1. The molecule has 3 nitrogen and oxygen atoms in total. The Kier molecular flexibility index (Phi) is 2.39. The van der Waals surface area contributed by atoms with Crippen molar-refractivity contribution in [3.05, 3.63) is 29.3 Å². The van der Waals surface area contributed by atoms with Crippen molar-refractivity contribution in [1.29, 1.82) is 0 Å². The number of aliphatic carboxylic acids is 1. The largest absolute Gasteiger partial charge is 0.496 e. The van der Waals surface area contributed by atoms with Crippen molar-refractivity contribution in [2.45, 2.75) is 19.3 Å².